The van der Waals surface area contributed by atoms with E-state index < -0.39 is 0 Å². The van der Waals surface area contributed by atoms with Crippen LogP contribution in [0, 0.1) is 5.92 Å². The van der Waals surface area contributed by atoms with Crippen LogP contribution >= 0.6 is 0 Å². The third kappa shape index (κ3) is 4.78. The number of amides is 2. The molecule has 0 atom stereocenters. The van der Waals surface area contributed by atoms with Crippen LogP contribution in [0.1, 0.15) is 60.0 Å². The van der Waals surface area contributed by atoms with Crippen LogP contribution in [-0.2, 0) is 6.54 Å². The molecule has 5 rings (SSSR count). The summed E-state index contributed by atoms with van der Waals surface area (Å²) in [6.45, 7) is 7.46. The highest BCUT2D eigenvalue weighted by atomic mass is 16.3. The lowest BCUT2D eigenvalue weighted by molar-refractivity contribution is 0.0609. The van der Waals surface area contributed by atoms with Crippen LogP contribution in [0.15, 0.2) is 41.1 Å². The van der Waals surface area contributed by atoms with Crippen molar-refractivity contribution < 1.29 is 14.0 Å². The Morgan fingerprint density at radius 3 is 2.69 bits per heavy atom. The molecule has 9 heteroatoms. The molecule has 2 N–H and O–H groups in total. The number of pyridine rings is 1. The van der Waals surface area contributed by atoms with Crippen molar-refractivity contribution in [3.8, 4) is 11.5 Å². The Labute approximate surface area is 210 Å². The van der Waals surface area contributed by atoms with Crippen molar-refractivity contribution in [2.45, 2.75) is 45.7 Å². The van der Waals surface area contributed by atoms with Crippen molar-refractivity contribution >= 4 is 29.0 Å². The van der Waals surface area contributed by atoms with E-state index in [0.29, 0.717) is 23.7 Å². The first kappa shape index (κ1) is 23.8. The van der Waals surface area contributed by atoms with Gasteiger partial charge in [0.1, 0.15) is 12.1 Å². The lowest BCUT2D eigenvalue weighted by Crippen LogP contribution is -2.41. The average molecular weight is 489 g/mol. The minimum Gasteiger partial charge on any atom is -0.444 e. The fourth-order valence-electron chi connectivity index (χ4n) is 4.29. The summed E-state index contributed by atoms with van der Waals surface area (Å²) in [6, 6.07) is 7.41. The molecule has 1 fully saturated rings. The second-order valence-electron chi connectivity index (χ2n) is 10.7. The van der Waals surface area contributed by atoms with Crippen LogP contribution in [0.25, 0.3) is 11.5 Å². The van der Waals surface area contributed by atoms with E-state index in [-0.39, 0.29) is 23.0 Å². The van der Waals surface area contributed by atoms with Crippen molar-refractivity contribution in [1.29, 1.82) is 0 Å². The van der Waals surface area contributed by atoms with Crippen molar-refractivity contribution in [2.24, 2.45) is 5.92 Å². The van der Waals surface area contributed by atoms with Gasteiger partial charge in [-0.1, -0.05) is 0 Å². The number of carbonyl (C=O) groups is 2. The zero-order valence-corrected chi connectivity index (χ0v) is 21.4. The summed E-state index contributed by atoms with van der Waals surface area (Å²) < 4.78 is 5.63. The van der Waals surface area contributed by atoms with Gasteiger partial charge in [0.25, 0.3) is 11.8 Å². The van der Waals surface area contributed by atoms with E-state index in [1.165, 1.54) is 19.1 Å². The zero-order valence-electron chi connectivity index (χ0n) is 21.4. The van der Waals surface area contributed by atoms with Gasteiger partial charge in [0.05, 0.1) is 11.4 Å². The standard InChI is InChI=1S/C27H32N6O3/c1-27(2,3)33-14-18-10-20(22(32(4)5)12-19(18)26(33)35)30-24(34)21-15-36-25(31-21)17-8-9-28-23(11-17)29-13-16-6-7-16/h8-12,15-16H,6-7,13-14H2,1-5H3,(H,28,29)(H,30,34). The molecule has 2 aliphatic rings. The maximum absolute atomic E-state index is 13.1. The van der Waals surface area contributed by atoms with E-state index >= 15 is 0 Å². The number of anilines is 3. The quantitative estimate of drug-likeness (QED) is 0.500. The number of nitrogens with zero attached hydrogens (tertiary/aromatic N) is 4. The maximum Gasteiger partial charge on any atom is 0.277 e. The molecular formula is C27H32N6O3. The molecule has 36 heavy (non-hydrogen) atoms. The molecule has 3 aromatic rings. The molecule has 9 nitrogen and oxygen atoms in total. The molecule has 0 saturated heterocycles. The molecule has 0 unspecified atom stereocenters. The number of hydrogen-bond acceptors (Lipinski definition) is 7. The smallest absolute Gasteiger partial charge is 0.277 e. The normalized spacial score (nSPS) is 15.1. The number of benzene rings is 1. The van der Waals surface area contributed by atoms with Crippen LogP contribution in [0.5, 0.6) is 0 Å². The molecular weight excluding hydrogens is 456 g/mol. The molecule has 1 saturated carbocycles. The largest absolute Gasteiger partial charge is 0.444 e. The Morgan fingerprint density at radius 1 is 1.22 bits per heavy atom. The monoisotopic (exact) mass is 488 g/mol. The number of nitrogens with one attached hydrogen (secondary N) is 2. The van der Waals surface area contributed by atoms with Gasteiger partial charge in [0.15, 0.2) is 5.69 Å². The first-order valence-electron chi connectivity index (χ1n) is 12.2. The first-order chi connectivity index (χ1) is 17.1. The number of oxazole rings is 1. The van der Waals surface area contributed by atoms with Crippen molar-refractivity contribution in [3.05, 3.63) is 53.5 Å². The summed E-state index contributed by atoms with van der Waals surface area (Å²) in [5.74, 6) is 1.46. The predicted octanol–water partition coefficient (Wildman–Crippen LogP) is 4.63. The first-order valence-corrected chi connectivity index (χ1v) is 12.2. The molecule has 1 aliphatic heterocycles. The van der Waals surface area contributed by atoms with E-state index in [1.807, 2.05) is 62.9 Å². The van der Waals surface area contributed by atoms with Crippen molar-refractivity contribution in [3.63, 3.8) is 0 Å². The SMILES string of the molecule is CN(C)c1cc2c(cc1NC(=O)c1coc(-c3ccnc(NCC4CC4)c3)n1)CN(C(C)(C)C)C2=O. The molecule has 0 bridgehead atoms. The fraction of sp³-hybridized carbons (Fsp3) is 0.407. The van der Waals surface area contributed by atoms with E-state index in [4.69, 9.17) is 4.42 Å². The topological polar surface area (TPSA) is 104 Å². The zero-order chi connectivity index (χ0) is 25.6. The number of hydrogen-bond donors (Lipinski definition) is 2. The van der Waals surface area contributed by atoms with Gasteiger partial charge in [0, 0.05) is 50.0 Å². The number of fused-ring (bicyclic) bond motifs is 1. The lowest BCUT2D eigenvalue weighted by atomic mass is 10.1. The van der Waals surface area contributed by atoms with Crippen LogP contribution < -0.4 is 15.5 Å². The maximum atomic E-state index is 13.1. The second kappa shape index (κ2) is 8.96. The molecule has 188 valence electrons. The van der Waals surface area contributed by atoms with Gasteiger partial charge in [-0.05, 0) is 69.4 Å². The summed E-state index contributed by atoms with van der Waals surface area (Å²) in [5.41, 5.74) is 3.54. The van der Waals surface area contributed by atoms with Gasteiger partial charge >= 0.3 is 0 Å². The lowest BCUT2D eigenvalue weighted by Gasteiger charge is -2.31. The van der Waals surface area contributed by atoms with Gasteiger partial charge in [0.2, 0.25) is 5.89 Å². The Kier molecular flexibility index (Phi) is 5.94. The molecule has 1 aromatic carbocycles. The highest BCUT2D eigenvalue weighted by Crippen LogP contribution is 2.36. The molecule has 1 aliphatic carbocycles. The Bertz CT molecular complexity index is 1320. The van der Waals surface area contributed by atoms with Gasteiger partial charge in [-0.15, -0.1) is 0 Å². The van der Waals surface area contributed by atoms with Gasteiger partial charge < -0.3 is 24.9 Å². The Morgan fingerprint density at radius 2 is 2.00 bits per heavy atom. The van der Waals surface area contributed by atoms with Crippen molar-refractivity contribution in [2.75, 3.05) is 36.2 Å². The molecule has 3 heterocycles. The molecule has 2 amide bonds. The van der Waals surface area contributed by atoms with E-state index in [0.717, 1.165) is 35.1 Å². The minimum absolute atomic E-state index is 0.00274. The number of aromatic nitrogens is 2. The average Bonchev–Trinajstić information content (AvgIpc) is 3.41. The number of carbonyl (C=O) groups excluding carboxylic acids is 2. The Balaban J connectivity index is 1.35. The van der Waals surface area contributed by atoms with E-state index in [9.17, 15) is 9.59 Å². The summed E-state index contributed by atoms with van der Waals surface area (Å²) in [6.07, 6.45) is 5.58. The number of rotatable bonds is 7. The fourth-order valence-corrected chi connectivity index (χ4v) is 4.29. The minimum atomic E-state index is -0.383. The van der Waals surface area contributed by atoms with Crippen LogP contribution in [-0.4, -0.2) is 52.9 Å². The van der Waals surface area contributed by atoms with Crippen LogP contribution in [0.2, 0.25) is 0 Å². The molecule has 0 radical (unpaired) electrons. The van der Waals surface area contributed by atoms with Crippen LogP contribution in [0.3, 0.4) is 0 Å². The van der Waals surface area contributed by atoms with E-state index in [2.05, 4.69) is 20.6 Å². The van der Waals surface area contributed by atoms with Gasteiger partial charge in [-0.2, -0.15) is 0 Å². The molecule has 0 spiro atoms. The van der Waals surface area contributed by atoms with Gasteiger partial charge in [-0.25, -0.2) is 9.97 Å². The summed E-state index contributed by atoms with van der Waals surface area (Å²) in [7, 11) is 3.76. The predicted molar refractivity (Wildman–Crippen MR) is 139 cm³/mol. The highest BCUT2D eigenvalue weighted by molar-refractivity contribution is 6.07. The summed E-state index contributed by atoms with van der Waals surface area (Å²) >= 11 is 0. The second-order valence-corrected chi connectivity index (χ2v) is 10.7. The third-order valence-corrected chi connectivity index (χ3v) is 6.58. The highest BCUT2D eigenvalue weighted by Gasteiger charge is 2.35. The molecule has 2 aromatic heterocycles. The summed E-state index contributed by atoms with van der Waals surface area (Å²) in [4.78, 5) is 38.6. The van der Waals surface area contributed by atoms with Crippen LogP contribution in [0.4, 0.5) is 17.2 Å². The Hall–Kier alpha value is -3.88. The van der Waals surface area contributed by atoms with Gasteiger partial charge in [-0.3, -0.25) is 9.59 Å². The van der Waals surface area contributed by atoms with E-state index in [1.54, 1.807) is 12.3 Å². The summed E-state index contributed by atoms with van der Waals surface area (Å²) in [5, 5.41) is 6.30. The van der Waals surface area contributed by atoms with Crippen molar-refractivity contribution in [1.82, 2.24) is 14.9 Å². The third-order valence-electron chi connectivity index (χ3n) is 6.58.